The summed E-state index contributed by atoms with van der Waals surface area (Å²) in [7, 11) is 1.94. The quantitative estimate of drug-likeness (QED) is 0.699. The van der Waals surface area contributed by atoms with Gasteiger partial charge in [0, 0.05) is 25.8 Å². The number of aromatic nitrogens is 2. The molecular weight excluding hydrogens is 174 g/mol. The van der Waals surface area contributed by atoms with Crippen LogP contribution in [0.15, 0.2) is 24.9 Å². The molecule has 0 spiro atoms. The molecule has 14 heavy (non-hydrogen) atoms. The average Bonchev–Trinajstić information content (AvgIpc) is 2.58. The molecule has 0 saturated carbocycles. The van der Waals surface area contributed by atoms with Gasteiger partial charge in [0.15, 0.2) is 0 Å². The van der Waals surface area contributed by atoms with Crippen LogP contribution >= 0.6 is 0 Å². The van der Waals surface area contributed by atoms with Crippen molar-refractivity contribution in [2.45, 2.75) is 32.4 Å². The third-order valence-corrected chi connectivity index (χ3v) is 2.20. The highest BCUT2D eigenvalue weighted by molar-refractivity contribution is 4.98. The summed E-state index contributed by atoms with van der Waals surface area (Å²) in [6.07, 6.45) is 6.12. The SMILES string of the molecule is C=CCCC(C)NCc1ccn(C)n1. The van der Waals surface area contributed by atoms with E-state index in [9.17, 15) is 0 Å². The van der Waals surface area contributed by atoms with Gasteiger partial charge in [-0.25, -0.2) is 0 Å². The zero-order valence-electron chi connectivity index (χ0n) is 9.03. The summed E-state index contributed by atoms with van der Waals surface area (Å²) in [5.74, 6) is 0. The van der Waals surface area contributed by atoms with Crippen molar-refractivity contribution in [1.82, 2.24) is 15.1 Å². The molecule has 0 aliphatic rings. The fourth-order valence-electron chi connectivity index (χ4n) is 1.31. The van der Waals surface area contributed by atoms with Gasteiger partial charge in [0.1, 0.15) is 0 Å². The number of nitrogens with zero attached hydrogens (tertiary/aromatic N) is 2. The first-order chi connectivity index (χ1) is 6.72. The van der Waals surface area contributed by atoms with Gasteiger partial charge in [-0.05, 0) is 25.8 Å². The molecule has 0 fully saturated rings. The summed E-state index contributed by atoms with van der Waals surface area (Å²) in [5.41, 5.74) is 1.10. The van der Waals surface area contributed by atoms with Crippen molar-refractivity contribution >= 4 is 0 Å². The Kier molecular flexibility index (Phi) is 4.40. The lowest BCUT2D eigenvalue weighted by Gasteiger charge is -2.10. The van der Waals surface area contributed by atoms with Gasteiger partial charge in [-0.2, -0.15) is 5.10 Å². The second-order valence-electron chi connectivity index (χ2n) is 3.63. The molecule has 1 heterocycles. The summed E-state index contributed by atoms with van der Waals surface area (Å²) in [5, 5.41) is 7.72. The minimum Gasteiger partial charge on any atom is -0.309 e. The van der Waals surface area contributed by atoms with Gasteiger partial charge in [0.25, 0.3) is 0 Å². The fraction of sp³-hybridized carbons (Fsp3) is 0.545. The molecule has 3 heteroatoms. The summed E-state index contributed by atoms with van der Waals surface area (Å²) >= 11 is 0. The van der Waals surface area contributed by atoms with Crippen LogP contribution in [0.1, 0.15) is 25.5 Å². The Hall–Kier alpha value is -1.09. The molecule has 1 N–H and O–H groups in total. The van der Waals surface area contributed by atoms with Crippen molar-refractivity contribution in [3.63, 3.8) is 0 Å². The number of nitrogens with one attached hydrogen (secondary N) is 1. The van der Waals surface area contributed by atoms with Gasteiger partial charge < -0.3 is 5.32 Å². The molecular formula is C11H19N3. The topological polar surface area (TPSA) is 29.9 Å². The third kappa shape index (κ3) is 3.75. The molecule has 1 aromatic rings. The van der Waals surface area contributed by atoms with E-state index >= 15 is 0 Å². The molecule has 0 saturated heterocycles. The number of allylic oxidation sites excluding steroid dienone is 1. The van der Waals surface area contributed by atoms with E-state index in [4.69, 9.17) is 0 Å². The van der Waals surface area contributed by atoms with Crippen LogP contribution in [0.5, 0.6) is 0 Å². The van der Waals surface area contributed by atoms with E-state index < -0.39 is 0 Å². The smallest absolute Gasteiger partial charge is 0.0762 e. The van der Waals surface area contributed by atoms with E-state index in [2.05, 4.69) is 23.9 Å². The molecule has 1 aromatic heterocycles. The van der Waals surface area contributed by atoms with Crippen LogP contribution in [0, 0.1) is 0 Å². The van der Waals surface area contributed by atoms with Crippen molar-refractivity contribution in [2.24, 2.45) is 7.05 Å². The lowest BCUT2D eigenvalue weighted by molar-refractivity contribution is 0.511. The molecule has 1 unspecified atom stereocenters. The predicted molar refractivity (Wildman–Crippen MR) is 58.9 cm³/mol. The summed E-state index contributed by atoms with van der Waals surface area (Å²) in [6.45, 7) is 6.74. The first kappa shape index (κ1) is 11.0. The van der Waals surface area contributed by atoms with E-state index in [1.807, 2.05) is 30.1 Å². The van der Waals surface area contributed by atoms with Gasteiger partial charge in [0.05, 0.1) is 5.69 Å². The molecule has 1 rings (SSSR count). The van der Waals surface area contributed by atoms with Gasteiger partial charge >= 0.3 is 0 Å². The minimum atomic E-state index is 0.523. The van der Waals surface area contributed by atoms with Crippen molar-refractivity contribution in [3.8, 4) is 0 Å². The van der Waals surface area contributed by atoms with Crippen LogP contribution in [0.2, 0.25) is 0 Å². The standard InChI is InChI=1S/C11H19N3/c1-4-5-6-10(2)12-9-11-7-8-14(3)13-11/h4,7-8,10,12H,1,5-6,9H2,2-3H3. The fourth-order valence-corrected chi connectivity index (χ4v) is 1.31. The Morgan fingerprint density at radius 2 is 2.50 bits per heavy atom. The number of hydrogen-bond donors (Lipinski definition) is 1. The molecule has 0 aromatic carbocycles. The summed E-state index contributed by atoms with van der Waals surface area (Å²) in [6, 6.07) is 2.56. The van der Waals surface area contributed by atoms with E-state index in [0.29, 0.717) is 6.04 Å². The van der Waals surface area contributed by atoms with Gasteiger partial charge in [-0.15, -0.1) is 6.58 Å². The van der Waals surface area contributed by atoms with Crippen LogP contribution in [0.4, 0.5) is 0 Å². The van der Waals surface area contributed by atoms with Crippen LogP contribution in [-0.2, 0) is 13.6 Å². The Labute approximate surface area is 85.8 Å². The largest absolute Gasteiger partial charge is 0.309 e. The van der Waals surface area contributed by atoms with Gasteiger partial charge in [0.2, 0.25) is 0 Å². The molecule has 0 bridgehead atoms. The molecule has 1 atom stereocenters. The zero-order chi connectivity index (χ0) is 10.4. The monoisotopic (exact) mass is 193 g/mol. The summed E-state index contributed by atoms with van der Waals surface area (Å²) in [4.78, 5) is 0. The first-order valence-electron chi connectivity index (χ1n) is 5.05. The zero-order valence-corrected chi connectivity index (χ0v) is 9.03. The lowest BCUT2D eigenvalue weighted by Crippen LogP contribution is -2.25. The molecule has 0 aliphatic carbocycles. The first-order valence-corrected chi connectivity index (χ1v) is 5.05. The Bertz CT molecular complexity index is 278. The predicted octanol–water partition coefficient (Wildman–Crippen LogP) is 1.86. The van der Waals surface area contributed by atoms with Crippen LogP contribution in [-0.4, -0.2) is 15.8 Å². The second kappa shape index (κ2) is 5.60. The maximum atomic E-state index is 4.30. The molecule has 0 amide bonds. The van der Waals surface area contributed by atoms with Gasteiger partial charge in [-0.1, -0.05) is 6.08 Å². The number of rotatable bonds is 6. The van der Waals surface area contributed by atoms with Crippen molar-refractivity contribution < 1.29 is 0 Å². The van der Waals surface area contributed by atoms with Crippen LogP contribution in [0.25, 0.3) is 0 Å². The lowest BCUT2D eigenvalue weighted by atomic mass is 10.2. The Balaban J connectivity index is 2.23. The maximum Gasteiger partial charge on any atom is 0.0762 e. The Morgan fingerprint density at radius 1 is 1.71 bits per heavy atom. The molecule has 78 valence electrons. The maximum absolute atomic E-state index is 4.30. The van der Waals surface area contributed by atoms with E-state index in [1.54, 1.807) is 0 Å². The van der Waals surface area contributed by atoms with Gasteiger partial charge in [-0.3, -0.25) is 4.68 Å². The van der Waals surface area contributed by atoms with E-state index in [1.165, 1.54) is 0 Å². The minimum absolute atomic E-state index is 0.523. The Morgan fingerprint density at radius 3 is 3.07 bits per heavy atom. The van der Waals surface area contributed by atoms with Crippen LogP contribution < -0.4 is 5.32 Å². The highest BCUT2D eigenvalue weighted by Gasteiger charge is 2.01. The highest BCUT2D eigenvalue weighted by Crippen LogP contribution is 1.99. The van der Waals surface area contributed by atoms with E-state index in [-0.39, 0.29) is 0 Å². The normalized spacial score (nSPS) is 12.7. The van der Waals surface area contributed by atoms with Crippen molar-refractivity contribution in [1.29, 1.82) is 0 Å². The molecule has 0 radical (unpaired) electrons. The van der Waals surface area contributed by atoms with E-state index in [0.717, 1.165) is 25.1 Å². The molecule has 0 aliphatic heterocycles. The second-order valence-corrected chi connectivity index (χ2v) is 3.63. The van der Waals surface area contributed by atoms with Crippen molar-refractivity contribution in [2.75, 3.05) is 0 Å². The highest BCUT2D eigenvalue weighted by atomic mass is 15.3. The van der Waals surface area contributed by atoms with Crippen molar-refractivity contribution in [3.05, 3.63) is 30.6 Å². The number of aryl methyl sites for hydroxylation is 1. The number of hydrogen-bond acceptors (Lipinski definition) is 2. The third-order valence-electron chi connectivity index (χ3n) is 2.20. The average molecular weight is 193 g/mol. The van der Waals surface area contributed by atoms with Crippen LogP contribution in [0.3, 0.4) is 0 Å². The molecule has 3 nitrogen and oxygen atoms in total. The summed E-state index contributed by atoms with van der Waals surface area (Å²) < 4.78 is 1.82.